The largest absolute Gasteiger partial charge is 0.480 e. The number of aliphatic hydroxyl groups is 4. The molecule has 9 amide bonds. The number of β-amino-alcohol motifs (C(OH)–C–C–N with tert-alkyl or cyclic N) is 1. The first-order valence-corrected chi connectivity index (χ1v) is 25.1. The van der Waals surface area contributed by atoms with E-state index in [1.807, 2.05) is 0 Å². The van der Waals surface area contributed by atoms with Crippen molar-refractivity contribution in [1.82, 2.24) is 47.0 Å². The molecule has 404 valence electrons. The van der Waals surface area contributed by atoms with Crippen LogP contribution in [0.4, 0.5) is 0 Å². The third kappa shape index (κ3) is 21.7. The summed E-state index contributed by atoms with van der Waals surface area (Å²) in [5, 5.41) is 65.8. The third-order valence-electron chi connectivity index (χ3n) is 11.8. The van der Waals surface area contributed by atoms with Crippen molar-refractivity contribution in [1.29, 1.82) is 0 Å². The average molecular weight is 1030 g/mol. The minimum atomic E-state index is -1.40. The molecule has 6 unspecified atom stereocenters. The number of carbonyl (C=O) groups is 10. The fourth-order valence-corrected chi connectivity index (χ4v) is 9.02. The maximum atomic E-state index is 13.6. The Morgan fingerprint density at radius 2 is 1.25 bits per heavy atom. The molecule has 2 heterocycles. The number of aliphatic carboxylic acids is 1. The van der Waals surface area contributed by atoms with Crippen molar-refractivity contribution in [2.75, 3.05) is 58.2 Å². The van der Waals surface area contributed by atoms with Gasteiger partial charge in [0, 0.05) is 32.2 Å². The average Bonchev–Trinajstić information content (AvgIpc) is 3.58. The molecule has 10 atom stereocenters. The second kappa shape index (κ2) is 32.1. The summed E-state index contributed by atoms with van der Waals surface area (Å²) in [6.07, 6.45) is -1.12. The number of thioether (sulfide) groups is 1. The number of nitrogens with zero attached hydrogens (tertiary/aromatic N) is 2. The van der Waals surface area contributed by atoms with Crippen LogP contribution in [0.15, 0.2) is 0 Å². The van der Waals surface area contributed by atoms with Crippen molar-refractivity contribution in [3.63, 3.8) is 0 Å². The minimum Gasteiger partial charge on any atom is -0.480 e. The summed E-state index contributed by atoms with van der Waals surface area (Å²) in [5.41, 5.74) is 11.2. The number of carboxylic acids is 1. The predicted molar refractivity (Wildman–Crippen MR) is 257 cm³/mol. The molecule has 2 aliphatic heterocycles. The molecule has 0 aromatic rings. The fraction of sp³-hybridized carbons (Fsp3) is 0.773. The highest BCUT2D eigenvalue weighted by Gasteiger charge is 2.42. The molecule has 2 saturated heterocycles. The lowest BCUT2D eigenvalue weighted by molar-refractivity contribution is -0.145. The van der Waals surface area contributed by atoms with Gasteiger partial charge in [-0.25, -0.2) is 4.79 Å². The fourth-order valence-electron chi connectivity index (χ4n) is 7.83. The zero-order valence-electron chi connectivity index (χ0n) is 41.1. The Morgan fingerprint density at radius 3 is 1.83 bits per heavy atom. The van der Waals surface area contributed by atoms with E-state index in [0.29, 0.717) is 51.6 Å². The van der Waals surface area contributed by atoms with E-state index in [2.05, 4.69) is 37.2 Å². The number of imide groups is 1. The normalized spacial score (nSPS) is 21.3. The van der Waals surface area contributed by atoms with E-state index in [9.17, 15) is 73.5 Å². The molecule has 2 rings (SSSR count). The lowest BCUT2D eigenvalue weighted by atomic mass is 9.94. The quantitative estimate of drug-likeness (QED) is 0.0215. The molecule has 0 bridgehead atoms. The van der Waals surface area contributed by atoms with E-state index in [1.165, 1.54) is 13.8 Å². The van der Waals surface area contributed by atoms with Crippen LogP contribution < -0.4 is 48.7 Å². The molecule has 0 spiro atoms. The lowest BCUT2D eigenvalue weighted by Gasteiger charge is -2.43. The number of carbonyl (C=O) groups excluding carboxylic acids is 9. The molecule has 0 saturated carbocycles. The van der Waals surface area contributed by atoms with Crippen LogP contribution in [-0.4, -0.2) is 212 Å². The second-order valence-corrected chi connectivity index (χ2v) is 19.4. The zero-order chi connectivity index (χ0) is 53.4. The number of piperidine rings is 1. The van der Waals surface area contributed by atoms with Gasteiger partial charge in [0.2, 0.25) is 53.2 Å². The summed E-state index contributed by atoms with van der Waals surface area (Å²) < 4.78 is 0. The van der Waals surface area contributed by atoms with Gasteiger partial charge >= 0.3 is 5.97 Å². The Labute approximate surface area is 417 Å². The highest BCUT2D eigenvalue weighted by molar-refractivity contribution is 8.00. The molecule has 71 heavy (non-hydrogen) atoms. The number of rotatable bonds is 33. The maximum absolute atomic E-state index is 13.6. The van der Waals surface area contributed by atoms with Gasteiger partial charge < -0.3 is 74.2 Å². The molecule has 26 nitrogen and oxygen atoms in total. The predicted octanol–water partition coefficient (Wildman–Crippen LogP) is -5.53. The SMILES string of the molecule is CC(=O)NC(CSC1CC(=O)N(CCCCN2C[C@H](O)[C@@H](O)[C@H](O)[C@H]2CO)C1=O)C(=O)NC(CCCCN)C(=O)NCC(=O)NCC(=O)NC(C)C(=O)NC(CCCCN)C(=O)NC(CC(C)C)C(=O)O. The molecule has 16 N–H and O–H groups in total. The Morgan fingerprint density at radius 1 is 0.690 bits per heavy atom. The minimum absolute atomic E-state index is 0.0149. The van der Waals surface area contributed by atoms with Crippen molar-refractivity contribution in [3.8, 4) is 0 Å². The topological polar surface area (TPSA) is 415 Å². The van der Waals surface area contributed by atoms with Crippen LogP contribution in [0.2, 0.25) is 0 Å². The Kier molecular flexibility index (Phi) is 28.1. The summed E-state index contributed by atoms with van der Waals surface area (Å²) in [6, 6.07) is -6.76. The summed E-state index contributed by atoms with van der Waals surface area (Å²) in [6.45, 7) is 5.40. The summed E-state index contributed by atoms with van der Waals surface area (Å²) in [7, 11) is 0. The monoisotopic (exact) mass is 1030 g/mol. The third-order valence-corrected chi connectivity index (χ3v) is 13.1. The highest BCUT2D eigenvalue weighted by Crippen LogP contribution is 2.27. The first kappa shape index (κ1) is 62.1. The van der Waals surface area contributed by atoms with Crippen molar-refractivity contribution in [2.45, 2.75) is 152 Å². The first-order valence-electron chi connectivity index (χ1n) is 24.0. The van der Waals surface area contributed by atoms with Crippen LogP contribution in [0.5, 0.6) is 0 Å². The number of likely N-dealkylation sites (tertiary alicyclic amines) is 2. The Bertz CT molecular complexity index is 1820. The second-order valence-electron chi connectivity index (χ2n) is 18.2. The number of carboxylic acid groups (broad SMARTS) is 1. The van der Waals surface area contributed by atoms with Gasteiger partial charge in [0.15, 0.2) is 0 Å². The summed E-state index contributed by atoms with van der Waals surface area (Å²) >= 11 is 0.973. The van der Waals surface area contributed by atoms with E-state index >= 15 is 0 Å². The molecule has 0 aliphatic carbocycles. The number of amides is 9. The molecule has 2 fully saturated rings. The molecule has 2 aliphatic rings. The first-order chi connectivity index (χ1) is 33.5. The van der Waals surface area contributed by atoms with Crippen LogP contribution in [0.3, 0.4) is 0 Å². The van der Waals surface area contributed by atoms with Crippen LogP contribution >= 0.6 is 11.8 Å². The van der Waals surface area contributed by atoms with E-state index in [0.717, 1.165) is 16.7 Å². The van der Waals surface area contributed by atoms with Crippen molar-refractivity contribution >= 4 is 70.9 Å². The summed E-state index contributed by atoms with van der Waals surface area (Å²) in [5.74, 6) is -7.58. The van der Waals surface area contributed by atoms with Gasteiger partial charge in [0.25, 0.3) is 0 Å². The number of unbranched alkanes of at least 4 members (excludes halogenated alkanes) is 3. The summed E-state index contributed by atoms with van der Waals surface area (Å²) in [4.78, 5) is 131. The van der Waals surface area contributed by atoms with E-state index in [1.54, 1.807) is 18.7 Å². The van der Waals surface area contributed by atoms with Gasteiger partial charge in [0.1, 0.15) is 42.4 Å². The van der Waals surface area contributed by atoms with Crippen LogP contribution in [0, 0.1) is 5.92 Å². The van der Waals surface area contributed by atoms with Crippen molar-refractivity contribution in [2.24, 2.45) is 17.4 Å². The molecule has 0 aromatic heterocycles. The van der Waals surface area contributed by atoms with E-state index in [-0.39, 0.29) is 57.0 Å². The standard InChI is InChI=1S/C44H77N11O15S/c1-24(2)17-29(44(69)70)53-41(66)28(12-6-8-14-46)51-39(64)25(3)49-35(60)20-47-34(59)19-48-40(65)27(11-5-7-13-45)52-42(67)30(50-26(4)57)23-71-33-18-36(61)55(43(33)68)16-10-9-15-54-21-32(58)38(63)37(62)31(54)22-56/h24-25,27-33,37-38,56,58,62-63H,5-23,45-46H2,1-4H3,(H,47,59)(H,48,65)(H,49,60)(H,50,57)(H,51,64)(H,52,67)(H,53,66)(H,69,70)/t25?,27?,28?,29?,30?,31-,32+,33?,37-,38-/m1/s1. The molecular formula is C44H77N11O15S. The van der Waals surface area contributed by atoms with Gasteiger partial charge in [-0.3, -0.25) is 53.0 Å². The van der Waals surface area contributed by atoms with Gasteiger partial charge in [-0.2, -0.15) is 0 Å². The van der Waals surface area contributed by atoms with E-state index in [4.69, 9.17) is 11.5 Å². The zero-order valence-corrected chi connectivity index (χ0v) is 41.9. The van der Waals surface area contributed by atoms with Crippen molar-refractivity contribution < 1.29 is 73.5 Å². The maximum Gasteiger partial charge on any atom is 0.326 e. The highest BCUT2D eigenvalue weighted by atomic mass is 32.2. The number of hydrogen-bond donors (Lipinski definition) is 14. The van der Waals surface area contributed by atoms with Crippen molar-refractivity contribution in [3.05, 3.63) is 0 Å². The molecular weight excluding hydrogens is 955 g/mol. The Hall–Kier alpha value is -5.03. The number of aliphatic hydroxyl groups excluding tert-OH is 4. The molecule has 0 aromatic carbocycles. The van der Waals surface area contributed by atoms with Crippen LogP contribution in [0.1, 0.15) is 91.9 Å². The van der Waals surface area contributed by atoms with Gasteiger partial charge in [-0.15, -0.1) is 11.8 Å². The number of nitrogens with two attached hydrogens (primary N) is 2. The van der Waals surface area contributed by atoms with Gasteiger partial charge in [-0.1, -0.05) is 13.8 Å². The van der Waals surface area contributed by atoms with E-state index < -0.39 is 139 Å². The van der Waals surface area contributed by atoms with Crippen LogP contribution in [0.25, 0.3) is 0 Å². The molecule has 27 heteroatoms. The van der Waals surface area contributed by atoms with Crippen LogP contribution in [-0.2, 0) is 47.9 Å². The number of nitrogens with one attached hydrogen (secondary N) is 7. The smallest absolute Gasteiger partial charge is 0.326 e. The van der Waals surface area contributed by atoms with Gasteiger partial charge in [-0.05, 0) is 90.3 Å². The number of hydrogen-bond acceptors (Lipinski definition) is 18. The Balaban J connectivity index is 1.94. The lowest BCUT2D eigenvalue weighted by Crippen LogP contribution is -2.62. The van der Waals surface area contributed by atoms with Gasteiger partial charge in [0.05, 0.1) is 37.1 Å². The molecule has 0 radical (unpaired) electrons.